The van der Waals surface area contributed by atoms with E-state index in [0.29, 0.717) is 0 Å². The lowest BCUT2D eigenvalue weighted by Crippen LogP contribution is -2.07. The molecule has 1 unspecified atom stereocenters. The van der Waals surface area contributed by atoms with E-state index in [9.17, 15) is 0 Å². The van der Waals surface area contributed by atoms with Crippen LogP contribution in [0.2, 0.25) is 0 Å². The molecule has 0 nitrogen and oxygen atoms in total. The van der Waals surface area contributed by atoms with Crippen LogP contribution in [0.25, 0.3) is 0 Å². The van der Waals surface area contributed by atoms with Crippen molar-refractivity contribution < 1.29 is 0 Å². The fourth-order valence-corrected chi connectivity index (χ4v) is 4.10. The molecule has 80 valence electrons. The first-order valence-electron chi connectivity index (χ1n) is 4.69. The lowest BCUT2D eigenvalue weighted by atomic mass is 9.90. The molecular formula is C11H16BrClS. The smallest absolute Gasteiger partial charge is 0.0695 e. The van der Waals surface area contributed by atoms with Crippen molar-refractivity contribution in [2.45, 2.75) is 39.5 Å². The summed E-state index contributed by atoms with van der Waals surface area (Å²) in [5.41, 5.74) is 0.281. The first kappa shape index (κ1) is 12.5. The summed E-state index contributed by atoms with van der Waals surface area (Å²) in [4.78, 5) is 2.57. The third-order valence-corrected chi connectivity index (χ3v) is 4.50. The maximum Gasteiger partial charge on any atom is 0.0695 e. The van der Waals surface area contributed by atoms with Crippen molar-refractivity contribution in [1.29, 1.82) is 0 Å². The standard InChI is InChI=1S/C11H16BrClS/c1-7-5-8(12)10(14-7)9(13)6-11(2,3)4/h5,9H,6H2,1-4H3. The van der Waals surface area contributed by atoms with E-state index < -0.39 is 0 Å². The summed E-state index contributed by atoms with van der Waals surface area (Å²) in [5.74, 6) is 0. The van der Waals surface area contributed by atoms with E-state index >= 15 is 0 Å². The van der Waals surface area contributed by atoms with Crippen LogP contribution in [0.3, 0.4) is 0 Å². The van der Waals surface area contributed by atoms with E-state index in [1.165, 1.54) is 9.75 Å². The predicted octanol–water partition coefficient (Wildman–Crippen LogP) is 5.54. The number of hydrogen-bond acceptors (Lipinski definition) is 1. The van der Waals surface area contributed by atoms with E-state index in [-0.39, 0.29) is 10.8 Å². The number of rotatable bonds is 2. The average Bonchev–Trinajstić information content (AvgIpc) is 2.26. The van der Waals surface area contributed by atoms with Crippen LogP contribution in [0.15, 0.2) is 10.5 Å². The van der Waals surface area contributed by atoms with Crippen molar-refractivity contribution in [3.8, 4) is 0 Å². The Labute approximate surface area is 104 Å². The molecule has 14 heavy (non-hydrogen) atoms. The van der Waals surface area contributed by atoms with Gasteiger partial charge in [-0.3, -0.25) is 0 Å². The third kappa shape index (κ3) is 3.56. The van der Waals surface area contributed by atoms with Crippen LogP contribution < -0.4 is 0 Å². The second kappa shape index (κ2) is 4.54. The molecule has 0 N–H and O–H groups in total. The molecule has 0 amide bonds. The molecule has 0 saturated carbocycles. The Kier molecular flexibility index (Phi) is 4.07. The summed E-state index contributed by atoms with van der Waals surface area (Å²) in [6, 6.07) is 2.14. The molecular weight excluding hydrogens is 280 g/mol. The van der Waals surface area contributed by atoms with Gasteiger partial charge in [-0.1, -0.05) is 20.8 Å². The molecule has 1 aromatic rings. The average molecular weight is 296 g/mol. The van der Waals surface area contributed by atoms with Gasteiger partial charge in [-0.25, -0.2) is 0 Å². The highest BCUT2D eigenvalue weighted by Crippen LogP contribution is 2.41. The van der Waals surface area contributed by atoms with Crippen LogP contribution in [-0.2, 0) is 0 Å². The summed E-state index contributed by atoms with van der Waals surface area (Å²) >= 11 is 11.7. The second-order valence-corrected chi connectivity index (χ2v) is 7.47. The maximum absolute atomic E-state index is 6.39. The summed E-state index contributed by atoms with van der Waals surface area (Å²) in [6.45, 7) is 8.77. The third-order valence-electron chi connectivity index (χ3n) is 1.91. The minimum atomic E-state index is 0.128. The highest BCUT2D eigenvalue weighted by atomic mass is 79.9. The Morgan fingerprint density at radius 3 is 2.43 bits per heavy atom. The Morgan fingerprint density at radius 1 is 1.50 bits per heavy atom. The van der Waals surface area contributed by atoms with Gasteiger partial charge in [0.1, 0.15) is 0 Å². The van der Waals surface area contributed by atoms with Crippen molar-refractivity contribution in [2.75, 3.05) is 0 Å². The van der Waals surface area contributed by atoms with Gasteiger partial charge in [0.05, 0.1) is 5.38 Å². The van der Waals surface area contributed by atoms with Gasteiger partial charge in [0.15, 0.2) is 0 Å². The molecule has 0 aliphatic rings. The predicted molar refractivity (Wildman–Crippen MR) is 69.4 cm³/mol. The van der Waals surface area contributed by atoms with Crippen LogP contribution in [0, 0.1) is 12.3 Å². The Bertz CT molecular complexity index is 312. The van der Waals surface area contributed by atoms with Crippen molar-refractivity contribution >= 4 is 38.9 Å². The Hall–Kier alpha value is 0.470. The molecule has 0 aromatic carbocycles. The molecule has 0 radical (unpaired) electrons. The molecule has 3 heteroatoms. The number of alkyl halides is 1. The van der Waals surface area contributed by atoms with Crippen molar-refractivity contribution in [2.24, 2.45) is 5.41 Å². The fourth-order valence-electron chi connectivity index (χ4n) is 1.35. The SMILES string of the molecule is Cc1cc(Br)c(C(Cl)CC(C)(C)C)s1. The van der Waals surface area contributed by atoms with Crippen LogP contribution in [0.1, 0.15) is 42.3 Å². The molecule has 1 aromatic heterocycles. The van der Waals surface area contributed by atoms with Gasteiger partial charge in [0, 0.05) is 14.2 Å². The quantitative estimate of drug-likeness (QED) is 0.629. The van der Waals surface area contributed by atoms with Crippen LogP contribution in [0.4, 0.5) is 0 Å². The van der Waals surface area contributed by atoms with Gasteiger partial charge in [0.25, 0.3) is 0 Å². The van der Waals surface area contributed by atoms with Gasteiger partial charge in [0.2, 0.25) is 0 Å². The van der Waals surface area contributed by atoms with Gasteiger partial charge in [-0.2, -0.15) is 0 Å². The summed E-state index contributed by atoms with van der Waals surface area (Å²) < 4.78 is 1.16. The van der Waals surface area contributed by atoms with E-state index in [2.05, 4.69) is 49.7 Å². The van der Waals surface area contributed by atoms with Gasteiger partial charge < -0.3 is 0 Å². The molecule has 1 heterocycles. The van der Waals surface area contributed by atoms with Gasteiger partial charge >= 0.3 is 0 Å². The second-order valence-electron chi connectivity index (χ2n) is 4.80. The summed E-state index contributed by atoms with van der Waals surface area (Å²) in [5, 5.41) is 0.128. The van der Waals surface area contributed by atoms with Gasteiger partial charge in [-0.05, 0) is 40.8 Å². The molecule has 0 fully saturated rings. The van der Waals surface area contributed by atoms with E-state index in [1.54, 1.807) is 11.3 Å². The fraction of sp³-hybridized carbons (Fsp3) is 0.636. The van der Waals surface area contributed by atoms with Crippen molar-refractivity contribution in [3.63, 3.8) is 0 Å². The Balaban J connectivity index is 2.79. The molecule has 0 aliphatic carbocycles. The zero-order chi connectivity index (χ0) is 10.9. The Morgan fingerprint density at radius 2 is 2.07 bits per heavy atom. The van der Waals surface area contributed by atoms with Crippen LogP contribution >= 0.6 is 38.9 Å². The topological polar surface area (TPSA) is 0 Å². The molecule has 0 saturated heterocycles. The van der Waals surface area contributed by atoms with E-state index in [4.69, 9.17) is 11.6 Å². The molecule has 1 rings (SSSR count). The zero-order valence-electron chi connectivity index (χ0n) is 9.03. The first-order chi connectivity index (χ1) is 6.29. The number of thiophene rings is 1. The number of aryl methyl sites for hydroxylation is 1. The zero-order valence-corrected chi connectivity index (χ0v) is 12.2. The normalized spacial score (nSPS) is 14.4. The van der Waals surface area contributed by atoms with E-state index in [1.807, 2.05) is 0 Å². The lowest BCUT2D eigenvalue weighted by Gasteiger charge is -2.21. The molecule has 0 spiro atoms. The minimum absolute atomic E-state index is 0.128. The summed E-state index contributed by atoms with van der Waals surface area (Å²) in [6.07, 6.45) is 1.01. The van der Waals surface area contributed by atoms with Crippen molar-refractivity contribution in [1.82, 2.24) is 0 Å². The summed E-state index contributed by atoms with van der Waals surface area (Å²) in [7, 11) is 0. The first-order valence-corrected chi connectivity index (χ1v) is 6.74. The highest BCUT2D eigenvalue weighted by molar-refractivity contribution is 9.10. The number of halogens is 2. The largest absolute Gasteiger partial charge is 0.143 e. The number of hydrogen-bond donors (Lipinski definition) is 0. The van der Waals surface area contributed by atoms with Gasteiger partial charge in [-0.15, -0.1) is 22.9 Å². The highest BCUT2D eigenvalue weighted by Gasteiger charge is 2.21. The maximum atomic E-state index is 6.39. The van der Waals surface area contributed by atoms with Crippen LogP contribution in [-0.4, -0.2) is 0 Å². The minimum Gasteiger partial charge on any atom is -0.143 e. The lowest BCUT2D eigenvalue weighted by molar-refractivity contribution is 0.373. The monoisotopic (exact) mass is 294 g/mol. The van der Waals surface area contributed by atoms with Crippen molar-refractivity contribution in [3.05, 3.63) is 20.3 Å². The van der Waals surface area contributed by atoms with Crippen LogP contribution in [0.5, 0.6) is 0 Å². The van der Waals surface area contributed by atoms with E-state index in [0.717, 1.165) is 10.9 Å². The molecule has 0 bridgehead atoms. The molecule has 1 atom stereocenters. The molecule has 0 aliphatic heterocycles.